The van der Waals surface area contributed by atoms with Gasteiger partial charge in [0.25, 0.3) is 0 Å². The Morgan fingerprint density at radius 3 is 2.71 bits per heavy atom. The Morgan fingerprint density at radius 2 is 2.00 bits per heavy atom. The Hall–Kier alpha value is -2.28. The highest BCUT2D eigenvalue weighted by atomic mass is 16.5. The van der Waals surface area contributed by atoms with Crippen LogP contribution in [-0.4, -0.2) is 60.4 Å². The van der Waals surface area contributed by atoms with Crippen LogP contribution in [0, 0.1) is 12.3 Å². The van der Waals surface area contributed by atoms with E-state index in [0.717, 1.165) is 81.5 Å². The van der Waals surface area contributed by atoms with Crippen molar-refractivity contribution in [1.29, 1.82) is 0 Å². The summed E-state index contributed by atoms with van der Waals surface area (Å²) in [6.07, 6.45) is 5.68. The SMILES string of the molecule is CCOC(=O)Nc1ccc(N2CCC[C@@]3(CCN([C@H]4CC[C@H](O)CC4)C3=O)C2)cc1C. The summed E-state index contributed by atoms with van der Waals surface area (Å²) in [6, 6.07) is 6.31. The number of hydrogen-bond donors (Lipinski definition) is 2. The number of carbonyl (C=O) groups is 2. The van der Waals surface area contributed by atoms with Gasteiger partial charge in [0.1, 0.15) is 0 Å². The first-order valence-corrected chi connectivity index (χ1v) is 11.7. The topological polar surface area (TPSA) is 82.1 Å². The first-order chi connectivity index (χ1) is 14.9. The van der Waals surface area contributed by atoms with Crippen LogP contribution in [-0.2, 0) is 9.53 Å². The van der Waals surface area contributed by atoms with E-state index in [-0.39, 0.29) is 11.5 Å². The van der Waals surface area contributed by atoms with Gasteiger partial charge in [-0.15, -0.1) is 0 Å². The van der Waals surface area contributed by atoms with Gasteiger partial charge >= 0.3 is 6.09 Å². The summed E-state index contributed by atoms with van der Waals surface area (Å²) in [5, 5.41) is 12.6. The fraction of sp³-hybridized carbons (Fsp3) is 0.667. The second-order valence-electron chi connectivity index (χ2n) is 9.36. The molecule has 3 fully saturated rings. The molecule has 1 saturated carbocycles. The van der Waals surface area contributed by atoms with Crippen molar-refractivity contribution in [2.75, 3.05) is 36.5 Å². The van der Waals surface area contributed by atoms with Crippen molar-refractivity contribution in [2.24, 2.45) is 5.41 Å². The molecule has 1 spiro atoms. The predicted octanol–water partition coefficient (Wildman–Crippen LogP) is 3.69. The molecule has 4 rings (SSSR count). The fourth-order valence-corrected chi connectivity index (χ4v) is 5.56. The second-order valence-corrected chi connectivity index (χ2v) is 9.36. The van der Waals surface area contributed by atoms with Gasteiger partial charge in [0, 0.05) is 37.1 Å². The molecule has 7 nitrogen and oxygen atoms in total. The quantitative estimate of drug-likeness (QED) is 0.763. The monoisotopic (exact) mass is 429 g/mol. The van der Waals surface area contributed by atoms with Gasteiger partial charge in [0.05, 0.1) is 18.1 Å². The number of anilines is 2. The van der Waals surface area contributed by atoms with Gasteiger partial charge in [0.2, 0.25) is 5.91 Å². The normalized spacial score (nSPS) is 28.8. The number of nitrogens with one attached hydrogen (secondary N) is 1. The van der Waals surface area contributed by atoms with Crippen molar-refractivity contribution in [3.05, 3.63) is 23.8 Å². The van der Waals surface area contributed by atoms with Crippen LogP contribution in [0.4, 0.5) is 16.2 Å². The van der Waals surface area contributed by atoms with Gasteiger partial charge in [-0.2, -0.15) is 0 Å². The standard InChI is InChI=1S/C24H35N3O4/c1-3-31-23(30)25-21-10-7-19(15-17(21)2)26-13-4-11-24(16-26)12-14-27(22(24)29)18-5-8-20(28)9-6-18/h7,10,15,18,20,28H,3-6,8-9,11-14,16H2,1-2H3,(H,25,30)/t18-,20-,24-/m1/s1. The molecule has 0 radical (unpaired) electrons. The Balaban J connectivity index is 1.44. The number of carbonyl (C=O) groups excluding carboxylic acids is 2. The van der Waals surface area contributed by atoms with E-state index in [4.69, 9.17) is 4.74 Å². The predicted molar refractivity (Wildman–Crippen MR) is 120 cm³/mol. The molecule has 0 aromatic heterocycles. The van der Waals surface area contributed by atoms with Gasteiger partial charge in [-0.3, -0.25) is 10.1 Å². The summed E-state index contributed by atoms with van der Waals surface area (Å²) in [6.45, 7) is 6.63. The Morgan fingerprint density at radius 1 is 1.23 bits per heavy atom. The van der Waals surface area contributed by atoms with Crippen LogP contribution in [0.5, 0.6) is 0 Å². The molecule has 170 valence electrons. The number of aryl methyl sites for hydroxylation is 1. The maximum Gasteiger partial charge on any atom is 0.411 e. The lowest BCUT2D eigenvalue weighted by molar-refractivity contribution is -0.139. The largest absolute Gasteiger partial charge is 0.450 e. The van der Waals surface area contributed by atoms with Crippen LogP contribution in [0.15, 0.2) is 18.2 Å². The molecule has 2 heterocycles. The van der Waals surface area contributed by atoms with Gasteiger partial charge in [-0.25, -0.2) is 4.79 Å². The third-order valence-corrected chi connectivity index (χ3v) is 7.32. The highest BCUT2D eigenvalue weighted by Crippen LogP contribution is 2.43. The van der Waals surface area contributed by atoms with Crippen molar-refractivity contribution in [3.8, 4) is 0 Å². The number of ether oxygens (including phenoxy) is 1. The second kappa shape index (κ2) is 9.07. The lowest BCUT2D eigenvalue weighted by Crippen LogP contribution is -2.50. The van der Waals surface area contributed by atoms with Crippen molar-refractivity contribution >= 4 is 23.4 Å². The van der Waals surface area contributed by atoms with E-state index < -0.39 is 6.09 Å². The third-order valence-electron chi connectivity index (χ3n) is 7.32. The highest BCUT2D eigenvalue weighted by Gasteiger charge is 2.50. The van der Waals surface area contributed by atoms with E-state index in [9.17, 15) is 14.7 Å². The molecule has 0 bridgehead atoms. The number of aliphatic hydroxyl groups is 1. The van der Waals surface area contributed by atoms with Crippen LogP contribution in [0.3, 0.4) is 0 Å². The van der Waals surface area contributed by atoms with Gasteiger partial charge < -0.3 is 19.6 Å². The maximum atomic E-state index is 13.5. The zero-order chi connectivity index (χ0) is 22.0. The molecular formula is C24H35N3O4. The number of hydrogen-bond acceptors (Lipinski definition) is 5. The molecule has 1 aliphatic carbocycles. The average molecular weight is 430 g/mol. The van der Waals surface area contributed by atoms with Crippen LogP contribution < -0.4 is 10.2 Å². The number of amides is 2. The number of benzene rings is 1. The third kappa shape index (κ3) is 4.52. The zero-order valence-electron chi connectivity index (χ0n) is 18.7. The van der Waals surface area contributed by atoms with E-state index in [1.807, 2.05) is 19.1 Å². The lowest BCUT2D eigenvalue weighted by Gasteiger charge is -2.41. The number of piperidine rings is 1. The van der Waals surface area contributed by atoms with Crippen molar-refractivity contribution < 1.29 is 19.4 Å². The van der Waals surface area contributed by atoms with Crippen molar-refractivity contribution in [2.45, 2.75) is 70.9 Å². The van der Waals surface area contributed by atoms with Crippen LogP contribution >= 0.6 is 0 Å². The van der Waals surface area contributed by atoms with Crippen LogP contribution in [0.2, 0.25) is 0 Å². The van der Waals surface area contributed by atoms with E-state index in [2.05, 4.69) is 21.2 Å². The number of nitrogens with zero attached hydrogens (tertiary/aromatic N) is 2. The summed E-state index contributed by atoms with van der Waals surface area (Å²) < 4.78 is 4.97. The molecule has 2 amide bonds. The minimum absolute atomic E-state index is 0.197. The molecule has 2 N–H and O–H groups in total. The molecule has 2 saturated heterocycles. The molecule has 1 aromatic carbocycles. The van der Waals surface area contributed by atoms with E-state index in [1.165, 1.54) is 0 Å². The van der Waals surface area contributed by atoms with Gasteiger partial charge in [0.15, 0.2) is 0 Å². The van der Waals surface area contributed by atoms with E-state index >= 15 is 0 Å². The van der Waals surface area contributed by atoms with E-state index in [1.54, 1.807) is 6.92 Å². The molecule has 2 aliphatic heterocycles. The molecule has 3 aliphatic rings. The highest BCUT2D eigenvalue weighted by molar-refractivity contribution is 5.87. The summed E-state index contributed by atoms with van der Waals surface area (Å²) in [4.78, 5) is 29.7. The summed E-state index contributed by atoms with van der Waals surface area (Å²) >= 11 is 0. The first kappa shape index (κ1) is 21.9. The Labute approximate surface area is 184 Å². The van der Waals surface area contributed by atoms with Crippen molar-refractivity contribution in [3.63, 3.8) is 0 Å². The van der Waals surface area contributed by atoms with Gasteiger partial charge in [-0.1, -0.05) is 0 Å². The molecule has 1 atom stereocenters. The van der Waals surface area contributed by atoms with Crippen LogP contribution in [0.1, 0.15) is 57.4 Å². The van der Waals surface area contributed by atoms with Gasteiger partial charge in [-0.05, 0) is 82.6 Å². The smallest absolute Gasteiger partial charge is 0.411 e. The molecular weight excluding hydrogens is 394 g/mol. The average Bonchev–Trinajstić information content (AvgIpc) is 3.06. The minimum Gasteiger partial charge on any atom is -0.450 e. The number of likely N-dealkylation sites (tertiary alicyclic amines) is 1. The maximum absolute atomic E-state index is 13.5. The Bertz CT molecular complexity index is 821. The van der Waals surface area contributed by atoms with Crippen molar-refractivity contribution in [1.82, 2.24) is 4.90 Å². The minimum atomic E-state index is -0.442. The zero-order valence-corrected chi connectivity index (χ0v) is 18.7. The number of rotatable bonds is 4. The first-order valence-electron chi connectivity index (χ1n) is 11.7. The lowest BCUT2D eigenvalue weighted by atomic mass is 9.78. The van der Waals surface area contributed by atoms with Crippen LogP contribution in [0.25, 0.3) is 0 Å². The summed E-state index contributed by atoms with van der Waals surface area (Å²) in [7, 11) is 0. The summed E-state index contributed by atoms with van der Waals surface area (Å²) in [5.74, 6) is 0.316. The Kier molecular flexibility index (Phi) is 6.42. The molecule has 1 aromatic rings. The molecule has 7 heteroatoms. The van der Waals surface area contributed by atoms with E-state index in [0.29, 0.717) is 18.6 Å². The summed E-state index contributed by atoms with van der Waals surface area (Å²) in [5.41, 5.74) is 2.53. The number of aliphatic hydroxyl groups excluding tert-OH is 1. The fourth-order valence-electron chi connectivity index (χ4n) is 5.56. The molecule has 31 heavy (non-hydrogen) atoms. The molecule has 0 unspecified atom stereocenters.